The molecule has 0 saturated carbocycles. The fourth-order valence-corrected chi connectivity index (χ4v) is 2.28. The molecule has 1 aromatic carbocycles. The van der Waals surface area contributed by atoms with Gasteiger partial charge in [0.25, 0.3) is 0 Å². The van der Waals surface area contributed by atoms with E-state index in [-0.39, 0.29) is 0 Å². The monoisotopic (exact) mass is 275 g/mol. The van der Waals surface area contributed by atoms with Gasteiger partial charge in [0, 0.05) is 12.6 Å². The third-order valence-corrected chi connectivity index (χ3v) is 3.43. The van der Waals surface area contributed by atoms with E-state index in [1.807, 2.05) is 38.3 Å². The molecule has 0 aliphatic heterocycles. The highest BCUT2D eigenvalue weighted by Gasteiger charge is 2.08. The average Bonchev–Trinajstić information content (AvgIpc) is 2.42. The fraction of sp³-hybridized carbons (Fsp3) is 0.286. The Morgan fingerprint density at radius 1 is 1.16 bits per heavy atom. The van der Waals surface area contributed by atoms with Gasteiger partial charge >= 0.3 is 0 Å². The van der Waals surface area contributed by atoms with E-state index in [4.69, 9.17) is 10.5 Å². The van der Waals surface area contributed by atoms with Crippen LogP contribution in [0.3, 0.4) is 0 Å². The predicted molar refractivity (Wildman–Crippen MR) is 77.7 cm³/mol. The molecule has 2 rings (SSSR count). The van der Waals surface area contributed by atoms with Crippen LogP contribution in [0, 0.1) is 13.8 Å². The first kappa shape index (κ1) is 13.8. The highest BCUT2D eigenvalue weighted by Crippen LogP contribution is 2.29. The van der Waals surface area contributed by atoms with Gasteiger partial charge in [0.1, 0.15) is 17.1 Å². The number of nitrogens with two attached hydrogens (primary N) is 1. The zero-order valence-corrected chi connectivity index (χ0v) is 12.1. The van der Waals surface area contributed by atoms with Gasteiger partial charge in [0.05, 0.1) is 0 Å². The summed E-state index contributed by atoms with van der Waals surface area (Å²) in [4.78, 5) is 8.26. The molecule has 19 heavy (non-hydrogen) atoms. The third-order valence-electron chi connectivity index (χ3n) is 2.79. The second-order valence-corrected chi connectivity index (χ2v) is 5.09. The Labute approximate surface area is 117 Å². The smallest absolute Gasteiger partial charge is 0.223 e. The van der Waals surface area contributed by atoms with Crippen molar-refractivity contribution in [2.75, 3.05) is 6.26 Å². The minimum Gasteiger partial charge on any atom is -0.438 e. The Bertz CT molecular complexity index is 564. The number of hydrogen-bond donors (Lipinski definition) is 1. The summed E-state index contributed by atoms with van der Waals surface area (Å²) in [5.74, 6) is 1.40. The van der Waals surface area contributed by atoms with Crippen LogP contribution < -0.4 is 10.5 Å². The summed E-state index contributed by atoms with van der Waals surface area (Å²) in [5, 5.41) is 0.888. The zero-order valence-electron chi connectivity index (χ0n) is 11.3. The molecule has 0 spiro atoms. The normalized spacial score (nSPS) is 10.5. The van der Waals surface area contributed by atoms with Crippen LogP contribution in [-0.2, 0) is 6.54 Å². The highest BCUT2D eigenvalue weighted by atomic mass is 32.2. The van der Waals surface area contributed by atoms with Crippen LogP contribution in [0.25, 0.3) is 0 Å². The topological polar surface area (TPSA) is 61.0 Å². The van der Waals surface area contributed by atoms with Crippen molar-refractivity contribution in [3.05, 3.63) is 41.2 Å². The minimum absolute atomic E-state index is 0.534. The van der Waals surface area contributed by atoms with E-state index >= 15 is 0 Å². The number of rotatable bonds is 4. The first-order valence-electron chi connectivity index (χ1n) is 5.98. The lowest BCUT2D eigenvalue weighted by atomic mass is 10.1. The Kier molecular flexibility index (Phi) is 4.39. The molecule has 0 aliphatic rings. The van der Waals surface area contributed by atoms with E-state index in [0.29, 0.717) is 12.4 Å². The predicted octanol–water partition coefficient (Wildman–Crippen LogP) is 3.07. The van der Waals surface area contributed by atoms with Gasteiger partial charge in [-0.05, 0) is 36.8 Å². The van der Waals surface area contributed by atoms with Crippen molar-refractivity contribution < 1.29 is 4.74 Å². The van der Waals surface area contributed by atoms with Crippen molar-refractivity contribution in [3.63, 3.8) is 0 Å². The Hall–Kier alpha value is -1.59. The van der Waals surface area contributed by atoms with Crippen molar-refractivity contribution in [2.24, 2.45) is 5.73 Å². The maximum Gasteiger partial charge on any atom is 0.223 e. The molecule has 1 aromatic heterocycles. The van der Waals surface area contributed by atoms with Crippen molar-refractivity contribution in [3.8, 4) is 11.6 Å². The molecule has 0 saturated heterocycles. The summed E-state index contributed by atoms with van der Waals surface area (Å²) in [6, 6.07) is 5.92. The number of hydrogen-bond acceptors (Lipinski definition) is 5. The SMILES string of the molecule is CSc1cc(Oc2c(C)cc(CN)cc2C)ncn1. The summed E-state index contributed by atoms with van der Waals surface area (Å²) >= 11 is 1.56. The van der Waals surface area contributed by atoms with Gasteiger partial charge in [-0.1, -0.05) is 12.1 Å². The molecule has 0 atom stereocenters. The molecule has 0 bridgehead atoms. The number of aromatic nitrogens is 2. The van der Waals surface area contributed by atoms with Crippen molar-refractivity contribution in [1.29, 1.82) is 0 Å². The molecule has 1 heterocycles. The van der Waals surface area contributed by atoms with Crippen molar-refractivity contribution in [2.45, 2.75) is 25.4 Å². The van der Waals surface area contributed by atoms with E-state index in [0.717, 1.165) is 27.5 Å². The van der Waals surface area contributed by atoms with Gasteiger partial charge in [-0.3, -0.25) is 0 Å². The molecular formula is C14H17N3OS. The molecule has 100 valence electrons. The quantitative estimate of drug-likeness (QED) is 0.686. The summed E-state index contributed by atoms with van der Waals surface area (Å²) in [5.41, 5.74) is 8.89. The lowest BCUT2D eigenvalue weighted by Crippen LogP contribution is -2.00. The standard InChI is InChI=1S/C14H17N3OS/c1-9-4-11(7-15)5-10(2)14(9)18-12-6-13(19-3)17-8-16-12/h4-6,8H,7,15H2,1-3H3. The first-order valence-corrected chi connectivity index (χ1v) is 7.20. The first-order chi connectivity index (χ1) is 9.13. The molecule has 0 aliphatic carbocycles. The minimum atomic E-state index is 0.534. The Morgan fingerprint density at radius 2 is 1.84 bits per heavy atom. The van der Waals surface area contributed by atoms with E-state index in [1.54, 1.807) is 11.8 Å². The van der Waals surface area contributed by atoms with E-state index in [9.17, 15) is 0 Å². The van der Waals surface area contributed by atoms with Crippen LogP contribution in [-0.4, -0.2) is 16.2 Å². The number of ether oxygens (including phenoxy) is 1. The van der Waals surface area contributed by atoms with Crippen LogP contribution in [0.4, 0.5) is 0 Å². The summed E-state index contributed by atoms with van der Waals surface area (Å²) in [7, 11) is 0. The third kappa shape index (κ3) is 3.24. The van der Waals surface area contributed by atoms with Crippen LogP contribution in [0.15, 0.2) is 29.6 Å². The van der Waals surface area contributed by atoms with Gasteiger partial charge in [0.2, 0.25) is 5.88 Å². The second-order valence-electron chi connectivity index (χ2n) is 4.26. The number of thioether (sulfide) groups is 1. The van der Waals surface area contributed by atoms with Gasteiger partial charge in [-0.2, -0.15) is 0 Å². The molecule has 2 N–H and O–H groups in total. The molecule has 0 unspecified atom stereocenters. The molecular weight excluding hydrogens is 258 g/mol. The van der Waals surface area contributed by atoms with Crippen LogP contribution in [0.1, 0.15) is 16.7 Å². The van der Waals surface area contributed by atoms with E-state index in [2.05, 4.69) is 9.97 Å². The van der Waals surface area contributed by atoms with Gasteiger partial charge in [-0.15, -0.1) is 11.8 Å². The molecule has 0 fully saturated rings. The lowest BCUT2D eigenvalue weighted by Gasteiger charge is -2.12. The molecule has 5 heteroatoms. The number of aryl methyl sites for hydroxylation is 2. The van der Waals surface area contributed by atoms with Crippen LogP contribution in [0.5, 0.6) is 11.6 Å². The van der Waals surface area contributed by atoms with Crippen molar-refractivity contribution in [1.82, 2.24) is 9.97 Å². The molecule has 0 radical (unpaired) electrons. The summed E-state index contributed by atoms with van der Waals surface area (Å²) in [6.07, 6.45) is 3.48. The average molecular weight is 275 g/mol. The highest BCUT2D eigenvalue weighted by molar-refractivity contribution is 7.98. The largest absolute Gasteiger partial charge is 0.438 e. The van der Waals surface area contributed by atoms with Crippen LogP contribution in [0.2, 0.25) is 0 Å². The molecule has 2 aromatic rings. The van der Waals surface area contributed by atoms with E-state index < -0.39 is 0 Å². The van der Waals surface area contributed by atoms with Gasteiger partial charge in [0.15, 0.2) is 0 Å². The zero-order chi connectivity index (χ0) is 13.8. The lowest BCUT2D eigenvalue weighted by molar-refractivity contribution is 0.452. The number of benzene rings is 1. The Balaban J connectivity index is 2.32. The van der Waals surface area contributed by atoms with Crippen LogP contribution >= 0.6 is 11.8 Å². The summed E-state index contributed by atoms with van der Waals surface area (Å²) in [6.45, 7) is 4.56. The maximum absolute atomic E-state index is 5.88. The van der Waals surface area contributed by atoms with Gasteiger partial charge in [-0.25, -0.2) is 9.97 Å². The molecule has 0 amide bonds. The fourth-order valence-electron chi connectivity index (χ4n) is 1.91. The Morgan fingerprint density at radius 3 is 2.42 bits per heavy atom. The van der Waals surface area contributed by atoms with E-state index in [1.165, 1.54) is 6.33 Å². The van der Waals surface area contributed by atoms with Crippen molar-refractivity contribution >= 4 is 11.8 Å². The summed E-state index contributed by atoms with van der Waals surface area (Å²) < 4.78 is 5.88. The molecule has 4 nitrogen and oxygen atoms in total. The maximum atomic E-state index is 5.88. The number of nitrogens with zero attached hydrogens (tertiary/aromatic N) is 2. The van der Waals surface area contributed by atoms with Gasteiger partial charge < -0.3 is 10.5 Å². The second kappa shape index (κ2) is 6.04.